The number of amidine groups is 1. The monoisotopic (exact) mass is 377 g/mol. The van der Waals surface area contributed by atoms with E-state index in [9.17, 15) is 4.79 Å². The lowest BCUT2D eigenvalue weighted by Crippen LogP contribution is -2.45. The lowest BCUT2D eigenvalue weighted by molar-refractivity contribution is -0.121. The molecule has 0 unspecified atom stereocenters. The van der Waals surface area contributed by atoms with Gasteiger partial charge in [0.05, 0.1) is 4.91 Å². The van der Waals surface area contributed by atoms with E-state index in [1.54, 1.807) is 19.0 Å². The molecule has 1 aromatic rings. The Morgan fingerprint density at radius 3 is 2.64 bits per heavy atom. The van der Waals surface area contributed by atoms with Crippen LogP contribution in [0, 0.1) is 0 Å². The molecule has 2 aliphatic heterocycles. The number of aliphatic imine (C=N–C) groups is 1. The van der Waals surface area contributed by atoms with Crippen LogP contribution in [0.3, 0.4) is 0 Å². The van der Waals surface area contributed by atoms with Crippen molar-refractivity contribution < 1.29 is 4.79 Å². The van der Waals surface area contributed by atoms with Crippen molar-refractivity contribution in [3.63, 3.8) is 0 Å². The fraction of sp³-hybridized carbons (Fsp3) is 0.474. The van der Waals surface area contributed by atoms with Gasteiger partial charge in [-0.1, -0.05) is 18.5 Å². The summed E-state index contributed by atoms with van der Waals surface area (Å²) in [6, 6.07) is 4.17. The fourth-order valence-electron chi connectivity index (χ4n) is 3.61. The molecular formula is C19H24ClN3OS. The summed E-state index contributed by atoms with van der Waals surface area (Å²) >= 11 is 7.95. The molecule has 0 radical (unpaired) electrons. The highest BCUT2D eigenvalue weighted by Crippen LogP contribution is 2.45. The predicted octanol–water partition coefficient (Wildman–Crippen LogP) is 4.59. The summed E-state index contributed by atoms with van der Waals surface area (Å²) in [7, 11) is 5.56. The fourth-order valence-corrected chi connectivity index (χ4v) is 4.74. The highest BCUT2D eigenvalue weighted by atomic mass is 35.5. The topological polar surface area (TPSA) is 35.9 Å². The maximum atomic E-state index is 12.4. The van der Waals surface area contributed by atoms with Gasteiger partial charge in [-0.05, 0) is 67.3 Å². The number of nitrogens with zero attached hydrogens (tertiary/aromatic N) is 3. The molecule has 1 fully saturated rings. The van der Waals surface area contributed by atoms with Crippen molar-refractivity contribution in [2.24, 2.45) is 4.99 Å². The Labute approximate surface area is 158 Å². The van der Waals surface area contributed by atoms with Gasteiger partial charge in [-0.2, -0.15) is 0 Å². The quantitative estimate of drug-likeness (QED) is 0.671. The zero-order chi connectivity index (χ0) is 18.5. The first-order chi connectivity index (χ1) is 11.7. The summed E-state index contributed by atoms with van der Waals surface area (Å²) < 4.78 is 0. The van der Waals surface area contributed by atoms with E-state index in [1.165, 1.54) is 23.0 Å². The first-order valence-corrected chi connectivity index (χ1v) is 9.57. The molecule has 0 bridgehead atoms. The van der Waals surface area contributed by atoms with Gasteiger partial charge in [0.15, 0.2) is 5.17 Å². The zero-order valence-electron chi connectivity index (χ0n) is 15.6. The third kappa shape index (κ3) is 3.08. The Bertz CT molecular complexity index is 800. The lowest BCUT2D eigenvalue weighted by Gasteiger charge is -2.45. The molecule has 6 heteroatoms. The normalized spacial score (nSPS) is 25.9. The van der Waals surface area contributed by atoms with E-state index in [0.29, 0.717) is 21.0 Å². The number of hydrogen-bond acceptors (Lipinski definition) is 4. The molecule has 0 aromatic heterocycles. The van der Waals surface area contributed by atoms with Crippen molar-refractivity contribution in [3.8, 4) is 0 Å². The van der Waals surface area contributed by atoms with Crippen LogP contribution in [0.15, 0.2) is 22.0 Å². The minimum Gasteiger partial charge on any atom is -0.369 e. The summed E-state index contributed by atoms with van der Waals surface area (Å²) in [5.41, 5.74) is 3.45. The maximum Gasteiger partial charge on any atom is 0.266 e. The van der Waals surface area contributed by atoms with Gasteiger partial charge in [0.1, 0.15) is 0 Å². The third-order valence-corrected chi connectivity index (χ3v) is 6.71. The number of likely N-dealkylation sites (N-methyl/N-ethyl adjacent to an activating group) is 1. The van der Waals surface area contributed by atoms with E-state index in [2.05, 4.69) is 43.8 Å². The molecular weight excluding hydrogens is 354 g/mol. The van der Waals surface area contributed by atoms with Gasteiger partial charge in [0, 0.05) is 37.4 Å². The van der Waals surface area contributed by atoms with Crippen molar-refractivity contribution in [1.29, 1.82) is 0 Å². The van der Waals surface area contributed by atoms with E-state index in [1.807, 2.05) is 12.1 Å². The molecule has 1 atom stereocenters. The lowest BCUT2D eigenvalue weighted by atomic mass is 9.80. The van der Waals surface area contributed by atoms with Gasteiger partial charge < -0.3 is 4.90 Å². The average molecular weight is 378 g/mol. The maximum absolute atomic E-state index is 12.4. The van der Waals surface area contributed by atoms with Crippen LogP contribution in [0.4, 0.5) is 5.69 Å². The Balaban J connectivity index is 2.05. The second kappa shape index (κ2) is 6.36. The number of amides is 1. The van der Waals surface area contributed by atoms with Gasteiger partial charge in [-0.15, -0.1) is 0 Å². The number of fused-ring (bicyclic) bond motifs is 1. The van der Waals surface area contributed by atoms with Crippen molar-refractivity contribution in [2.45, 2.75) is 38.6 Å². The molecule has 1 saturated heterocycles. The Kier molecular flexibility index (Phi) is 4.67. The summed E-state index contributed by atoms with van der Waals surface area (Å²) in [5.74, 6) is 0.406. The molecule has 1 amide bonds. The van der Waals surface area contributed by atoms with Crippen LogP contribution >= 0.6 is 23.4 Å². The van der Waals surface area contributed by atoms with Gasteiger partial charge in [-0.25, -0.2) is 0 Å². The van der Waals surface area contributed by atoms with E-state index in [0.717, 1.165) is 12.0 Å². The van der Waals surface area contributed by atoms with Crippen LogP contribution in [0.5, 0.6) is 0 Å². The largest absolute Gasteiger partial charge is 0.369 e. The standard InChI is InChI=1S/C19H24ClN3OS/c1-11-10-19(2,3)23(6)15-9-14(20)12(7-13(11)15)8-16-17(24)22(5)18(21-4)25-16/h7-9,11H,10H2,1-6H3/b16-8-,21-18?/t11-/m1/s1. The molecule has 1 aromatic carbocycles. The minimum absolute atomic E-state index is 0.0364. The number of halogens is 1. The smallest absolute Gasteiger partial charge is 0.266 e. The van der Waals surface area contributed by atoms with Crippen LogP contribution in [0.2, 0.25) is 5.02 Å². The SMILES string of the molecule is CN=C1S/C(=C\c2cc3c(cc2Cl)N(C)C(C)(C)C[C@H]3C)C(=O)N1C. The van der Waals surface area contributed by atoms with E-state index < -0.39 is 0 Å². The number of rotatable bonds is 1. The van der Waals surface area contributed by atoms with Gasteiger partial charge in [-0.3, -0.25) is 14.7 Å². The molecule has 4 nitrogen and oxygen atoms in total. The second-order valence-electron chi connectivity index (χ2n) is 7.39. The molecule has 2 aliphatic rings. The van der Waals surface area contributed by atoms with Crippen molar-refractivity contribution in [2.75, 3.05) is 26.0 Å². The molecule has 3 rings (SSSR count). The molecule has 25 heavy (non-hydrogen) atoms. The molecule has 134 valence electrons. The molecule has 0 N–H and O–H groups in total. The first kappa shape index (κ1) is 18.3. The highest BCUT2D eigenvalue weighted by Gasteiger charge is 2.35. The Morgan fingerprint density at radius 2 is 2.04 bits per heavy atom. The zero-order valence-corrected chi connectivity index (χ0v) is 17.1. The summed E-state index contributed by atoms with van der Waals surface area (Å²) in [5, 5.41) is 1.38. The summed E-state index contributed by atoms with van der Waals surface area (Å²) in [4.78, 5) is 21.1. The van der Waals surface area contributed by atoms with Crippen LogP contribution in [0.25, 0.3) is 6.08 Å². The summed E-state index contributed by atoms with van der Waals surface area (Å²) in [6.07, 6.45) is 2.97. The summed E-state index contributed by atoms with van der Waals surface area (Å²) in [6.45, 7) is 6.76. The number of carbonyl (C=O) groups excluding carboxylic acids is 1. The van der Waals surface area contributed by atoms with Gasteiger partial charge in [0.2, 0.25) is 0 Å². The number of benzene rings is 1. The predicted molar refractivity (Wildman–Crippen MR) is 109 cm³/mol. The third-order valence-electron chi connectivity index (χ3n) is 5.23. The molecule has 0 aliphatic carbocycles. The average Bonchev–Trinajstić information content (AvgIpc) is 2.81. The number of hydrogen-bond donors (Lipinski definition) is 0. The second-order valence-corrected chi connectivity index (χ2v) is 8.81. The van der Waals surface area contributed by atoms with Crippen LogP contribution < -0.4 is 4.90 Å². The number of anilines is 1. The molecule has 0 spiro atoms. The van der Waals surface area contributed by atoms with Crippen LogP contribution in [0.1, 0.15) is 44.2 Å². The van der Waals surface area contributed by atoms with Crippen molar-refractivity contribution in [1.82, 2.24) is 4.90 Å². The molecule has 2 heterocycles. The first-order valence-electron chi connectivity index (χ1n) is 8.37. The van der Waals surface area contributed by atoms with Gasteiger partial charge in [0.25, 0.3) is 5.91 Å². The van der Waals surface area contributed by atoms with Gasteiger partial charge >= 0.3 is 0 Å². The van der Waals surface area contributed by atoms with Crippen LogP contribution in [-0.4, -0.2) is 42.7 Å². The van der Waals surface area contributed by atoms with Crippen LogP contribution in [-0.2, 0) is 4.79 Å². The minimum atomic E-state index is -0.0364. The number of thioether (sulfide) groups is 1. The van der Waals surface area contributed by atoms with Crippen molar-refractivity contribution in [3.05, 3.63) is 33.2 Å². The van der Waals surface area contributed by atoms with Crippen molar-refractivity contribution >= 4 is 46.2 Å². The highest BCUT2D eigenvalue weighted by molar-refractivity contribution is 8.18. The van der Waals surface area contributed by atoms with E-state index >= 15 is 0 Å². The Hall–Kier alpha value is -1.46. The Morgan fingerprint density at radius 1 is 1.36 bits per heavy atom. The van der Waals surface area contributed by atoms with E-state index in [4.69, 9.17) is 11.6 Å². The number of carbonyl (C=O) groups is 1. The van der Waals surface area contributed by atoms with E-state index in [-0.39, 0.29) is 11.4 Å². The molecule has 0 saturated carbocycles.